The Balaban J connectivity index is 1.74. The van der Waals surface area contributed by atoms with Gasteiger partial charge >= 0.3 is 0 Å². The van der Waals surface area contributed by atoms with Gasteiger partial charge in [-0.25, -0.2) is 15.0 Å². The SMILES string of the molecule is COC/C=C/c1cnc(Nc2cnc(C#N)cn2)cc1NCC1CCNCC1. The third kappa shape index (κ3) is 5.74. The van der Waals surface area contributed by atoms with Gasteiger partial charge in [-0.05, 0) is 31.8 Å². The standard InChI is InChI=1S/C20H25N7O/c1-28-8-2-3-16-12-25-19(27-20-14-23-17(10-21)13-26-20)9-18(16)24-11-15-4-6-22-7-5-15/h2-3,9,12-15,22H,4-8,11H2,1H3,(H2,24,25,26,27)/b3-2+. The largest absolute Gasteiger partial charge is 0.384 e. The Morgan fingerprint density at radius 3 is 2.75 bits per heavy atom. The quantitative estimate of drug-likeness (QED) is 0.642. The average molecular weight is 379 g/mol. The molecule has 3 heterocycles. The van der Waals surface area contributed by atoms with Gasteiger partial charge in [-0.3, -0.25) is 0 Å². The summed E-state index contributed by atoms with van der Waals surface area (Å²) in [5, 5.41) is 18.9. The van der Waals surface area contributed by atoms with Gasteiger partial charge in [0.1, 0.15) is 17.7 Å². The van der Waals surface area contributed by atoms with Crippen molar-refractivity contribution in [2.75, 3.05) is 44.0 Å². The van der Waals surface area contributed by atoms with E-state index in [-0.39, 0.29) is 5.69 Å². The van der Waals surface area contributed by atoms with Crippen molar-refractivity contribution in [3.63, 3.8) is 0 Å². The maximum atomic E-state index is 8.83. The topological polar surface area (TPSA) is 108 Å². The zero-order valence-corrected chi connectivity index (χ0v) is 16.0. The van der Waals surface area contributed by atoms with E-state index in [1.807, 2.05) is 30.5 Å². The Morgan fingerprint density at radius 2 is 2.04 bits per heavy atom. The van der Waals surface area contributed by atoms with Gasteiger partial charge in [-0.1, -0.05) is 12.2 Å². The van der Waals surface area contributed by atoms with E-state index < -0.39 is 0 Å². The van der Waals surface area contributed by atoms with Crippen LogP contribution in [0.2, 0.25) is 0 Å². The molecule has 1 aliphatic heterocycles. The number of nitriles is 1. The highest BCUT2D eigenvalue weighted by Crippen LogP contribution is 2.23. The molecule has 0 radical (unpaired) electrons. The number of nitrogens with zero attached hydrogens (tertiary/aromatic N) is 4. The third-order valence-corrected chi connectivity index (χ3v) is 4.56. The van der Waals surface area contributed by atoms with Crippen LogP contribution in [0.3, 0.4) is 0 Å². The summed E-state index contributed by atoms with van der Waals surface area (Å²) in [7, 11) is 1.67. The minimum atomic E-state index is 0.279. The summed E-state index contributed by atoms with van der Waals surface area (Å²) in [4.78, 5) is 12.7. The third-order valence-electron chi connectivity index (χ3n) is 4.56. The van der Waals surface area contributed by atoms with Crippen LogP contribution in [0.4, 0.5) is 17.3 Å². The molecule has 1 saturated heterocycles. The van der Waals surface area contributed by atoms with E-state index in [1.165, 1.54) is 25.2 Å². The maximum absolute atomic E-state index is 8.83. The van der Waals surface area contributed by atoms with Crippen LogP contribution in [-0.4, -0.2) is 48.3 Å². The molecule has 3 rings (SSSR count). The van der Waals surface area contributed by atoms with E-state index in [0.29, 0.717) is 24.2 Å². The fourth-order valence-electron chi connectivity index (χ4n) is 3.01. The van der Waals surface area contributed by atoms with Crippen LogP contribution in [0, 0.1) is 17.2 Å². The van der Waals surface area contributed by atoms with E-state index >= 15 is 0 Å². The van der Waals surface area contributed by atoms with Crippen molar-refractivity contribution in [2.45, 2.75) is 12.8 Å². The van der Waals surface area contributed by atoms with Crippen molar-refractivity contribution in [2.24, 2.45) is 5.92 Å². The first kappa shape index (κ1) is 19.7. The van der Waals surface area contributed by atoms with Gasteiger partial charge in [0, 0.05) is 37.2 Å². The number of nitrogens with one attached hydrogen (secondary N) is 3. The first-order chi connectivity index (χ1) is 13.8. The second-order valence-corrected chi connectivity index (χ2v) is 6.61. The van der Waals surface area contributed by atoms with Crippen molar-refractivity contribution in [1.82, 2.24) is 20.3 Å². The highest BCUT2D eigenvalue weighted by Gasteiger charge is 2.13. The molecule has 0 unspecified atom stereocenters. The highest BCUT2D eigenvalue weighted by molar-refractivity contribution is 5.70. The molecule has 1 fully saturated rings. The smallest absolute Gasteiger partial charge is 0.158 e. The Kier molecular flexibility index (Phi) is 7.29. The Hall–Kier alpha value is -3.02. The molecule has 0 aromatic carbocycles. The second kappa shape index (κ2) is 10.3. The van der Waals surface area contributed by atoms with Crippen LogP contribution in [0.5, 0.6) is 0 Å². The maximum Gasteiger partial charge on any atom is 0.158 e. The molecular formula is C20H25N7O. The molecule has 0 aliphatic carbocycles. The van der Waals surface area contributed by atoms with Gasteiger partial charge in [0.25, 0.3) is 0 Å². The molecule has 2 aromatic rings. The van der Waals surface area contributed by atoms with Gasteiger partial charge in [0.15, 0.2) is 5.69 Å². The summed E-state index contributed by atoms with van der Waals surface area (Å²) in [6.45, 7) is 3.63. The molecular weight excluding hydrogens is 354 g/mol. The number of methoxy groups -OCH3 is 1. The monoisotopic (exact) mass is 379 g/mol. The lowest BCUT2D eigenvalue weighted by Crippen LogP contribution is -2.31. The number of hydrogen-bond acceptors (Lipinski definition) is 8. The molecule has 146 valence electrons. The Bertz CT molecular complexity index is 823. The van der Waals surface area contributed by atoms with Crippen LogP contribution in [0.25, 0.3) is 6.08 Å². The zero-order valence-electron chi connectivity index (χ0n) is 16.0. The normalized spacial score (nSPS) is 14.7. The van der Waals surface area contributed by atoms with Gasteiger partial charge in [-0.15, -0.1) is 0 Å². The predicted octanol–water partition coefficient (Wildman–Crippen LogP) is 2.56. The predicted molar refractivity (Wildman–Crippen MR) is 109 cm³/mol. The molecule has 1 aliphatic rings. The lowest BCUT2D eigenvalue weighted by Gasteiger charge is -2.23. The van der Waals surface area contributed by atoms with Crippen LogP contribution < -0.4 is 16.0 Å². The molecule has 0 saturated carbocycles. The highest BCUT2D eigenvalue weighted by atomic mass is 16.5. The summed E-state index contributed by atoms with van der Waals surface area (Å²) in [5.74, 6) is 1.86. The van der Waals surface area contributed by atoms with Gasteiger partial charge < -0.3 is 20.7 Å². The van der Waals surface area contributed by atoms with Crippen molar-refractivity contribution in [3.8, 4) is 6.07 Å². The van der Waals surface area contributed by atoms with Crippen molar-refractivity contribution in [3.05, 3.63) is 42.0 Å². The second-order valence-electron chi connectivity index (χ2n) is 6.61. The van der Waals surface area contributed by atoms with Gasteiger partial charge in [-0.2, -0.15) is 5.26 Å². The van der Waals surface area contributed by atoms with E-state index in [1.54, 1.807) is 7.11 Å². The number of anilines is 3. The van der Waals surface area contributed by atoms with Crippen LogP contribution >= 0.6 is 0 Å². The number of aromatic nitrogens is 3. The number of ether oxygens (including phenoxy) is 1. The summed E-state index contributed by atoms with van der Waals surface area (Å²) >= 11 is 0. The zero-order chi connectivity index (χ0) is 19.6. The fourth-order valence-corrected chi connectivity index (χ4v) is 3.01. The minimum Gasteiger partial charge on any atom is -0.384 e. The first-order valence-electron chi connectivity index (χ1n) is 9.37. The molecule has 3 N–H and O–H groups in total. The van der Waals surface area contributed by atoms with E-state index in [2.05, 4.69) is 30.9 Å². The van der Waals surface area contributed by atoms with Crippen molar-refractivity contribution >= 4 is 23.4 Å². The Labute approximate surface area is 165 Å². The lowest BCUT2D eigenvalue weighted by atomic mass is 9.98. The van der Waals surface area contributed by atoms with Crippen molar-refractivity contribution in [1.29, 1.82) is 5.26 Å². The first-order valence-corrected chi connectivity index (χ1v) is 9.37. The van der Waals surface area contributed by atoms with E-state index in [4.69, 9.17) is 10.00 Å². The molecule has 0 amide bonds. The number of piperidine rings is 1. The van der Waals surface area contributed by atoms with E-state index in [0.717, 1.165) is 30.9 Å². The summed E-state index contributed by atoms with van der Waals surface area (Å²) in [6.07, 6.45) is 11.1. The summed E-state index contributed by atoms with van der Waals surface area (Å²) < 4.78 is 5.10. The number of pyridine rings is 1. The van der Waals surface area contributed by atoms with Gasteiger partial charge in [0.05, 0.1) is 19.0 Å². The molecule has 8 heteroatoms. The molecule has 28 heavy (non-hydrogen) atoms. The van der Waals surface area contributed by atoms with Gasteiger partial charge in [0.2, 0.25) is 0 Å². The van der Waals surface area contributed by atoms with Crippen LogP contribution in [0.1, 0.15) is 24.1 Å². The van der Waals surface area contributed by atoms with E-state index in [9.17, 15) is 0 Å². The lowest BCUT2D eigenvalue weighted by molar-refractivity contribution is 0.234. The molecule has 0 bridgehead atoms. The van der Waals surface area contributed by atoms with Crippen LogP contribution in [-0.2, 0) is 4.74 Å². The van der Waals surface area contributed by atoms with Crippen LogP contribution in [0.15, 0.2) is 30.7 Å². The molecule has 0 spiro atoms. The minimum absolute atomic E-state index is 0.279. The summed E-state index contributed by atoms with van der Waals surface area (Å²) in [6, 6.07) is 3.92. The summed E-state index contributed by atoms with van der Waals surface area (Å²) in [5.41, 5.74) is 2.29. The number of hydrogen-bond donors (Lipinski definition) is 3. The molecule has 2 aromatic heterocycles. The fraction of sp³-hybridized carbons (Fsp3) is 0.400. The average Bonchev–Trinajstić information content (AvgIpc) is 2.75. The Morgan fingerprint density at radius 1 is 1.21 bits per heavy atom. The molecule has 0 atom stereocenters. The van der Waals surface area contributed by atoms with Crippen molar-refractivity contribution < 1.29 is 4.74 Å². The number of rotatable bonds is 8. The molecule has 8 nitrogen and oxygen atoms in total.